The van der Waals surface area contributed by atoms with Crippen LogP contribution in [0.2, 0.25) is 5.02 Å². The minimum absolute atomic E-state index is 0.0423. The van der Waals surface area contributed by atoms with Gasteiger partial charge in [0, 0.05) is 42.7 Å². The summed E-state index contributed by atoms with van der Waals surface area (Å²) in [4.78, 5) is 33.5. The second-order valence-corrected chi connectivity index (χ2v) is 10.6. The summed E-state index contributed by atoms with van der Waals surface area (Å²) in [6, 6.07) is 10.1. The molecular weight excluding hydrogens is 531 g/mol. The number of carbonyl (C=O) groups is 2. The molecule has 0 bridgehead atoms. The Morgan fingerprint density at radius 3 is 2.70 bits per heavy atom. The molecule has 1 aromatic heterocycles. The Balaban J connectivity index is 1.54. The monoisotopic (exact) mass is 560 g/mol. The van der Waals surface area contributed by atoms with Gasteiger partial charge in [-0.25, -0.2) is 9.37 Å². The first-order valence-corrected chi connectivity index (χ1v) is 13.3. The molecule has 0 fully saturated rings. The third kappa shape index (κ3) is 4.52. The molecule has 1 N–H and O–H groups in total. The van der Waals surface area contributed by atoms with Crippen LogP contribution >= 0.6 is 11.6 Å². The van der Waals surface area contributed by atoms with Gasteiger partial charge in [-0.15, -0.1) is 0 Å². The molecule has 3 aromatic rings. The summed E-state index contributed by atoms with van der Waals surface area (Å²) in [5, 5.41) is 3.01. The van der Waals surface area contributed by atoms with Crippen molar-refractivity contribution in [3.63, 3.8) is 0 Å². The van der Waals surface area contributed by atoms with E-state index in [1.165, 1.54) is 17.2 Å². The Labute approximate surface area is 237 Å². The number of pyridine rings is 1. The predicted octanol–water partition coefficient (Wildman–Crippen LogP) is 6.27. The molecule has 2 aromatic carbocycles. The lowest BCUT2D eigenvalue weighted by atomic mass is 9.95. The fourth-order valence-corrected chi connectivity index (χ4v) is 5.72. The summed E-state index contributed by atoms with van der Waals surface area (Å²) in [5.74, 6) is -0.190. The van der Waals surface area contributed by atoms with E-state index < -0.39 is 17.6 Å². The highest BCUT2D eigenvalue weighted by atomic mass is 35.5. The molecule has 2 aliphatic rings. The molecule has 0 saturated carbocycles. The zero-order chi connectivity index (χ0) is 28.9. The number of nitrogens with zero attached hydrogens (tertiary/aromatic N) is 3. The van der Waals surface area contributed by atoms with Gasteiger partial charge in [0.25, 0.3) is 11.8 Å². The molecule has 1 unspecified atom stereocenters. The van der Waals surface area contributed by atoms with Crippen LogP contribution in [0, 0.1) is 12.7 Å². The molecular formula is C31H30ClFN4O3. The van der Waals surface area contributed by atoms with Crippen molar-refractivity contribution in [3.8, 4) is 28.3 Å². The highest BCUT2D eigenvalue weighted by molar-refractivity contribution is 6.36. The number of benzene rings is 2. The van der Waals surface area contributed by atoms with Crippen LogP contribution in [-0.2, 0) is 16.0 Å². The number of amides is 2. The minimum Gasteiger partial charge on any atom is -0.481 e. The second-order valence-electron chi connectivity index (χ2n) is 10.2. The Bertz CT molecular complexity index is 1620. The summed E-state index contributed by atoms with van der Waals surface area (Å²) in [5.41, 5.74) is 5.14. The third-order valence-corrected chi connectivity index (χ3v) is 8.15. The van der Waals surface area contributed by atoms with Gasteiger partial charge in [0.05, 0.1) is 17.8 Å². The van der Waals surface area contributed by atoms with Crippen LogP contribution in [0.25, 0.3) is 22.4 Å². The zero-order valence-corrected chi connectivity index (χ0v) is 23.8. The lowest BCUT2D eigenvalue weighted by molar-refractivity contribution is -0.128. The van der Waals surface area contributed by atoms with Crippen molar-refractivity contribution < 1.29 is 18.7 Å². The van der Waals surface area contributed by atoms with Gasteiger partial charge in [-0.3, -0.25) is 14.5 Å². The number of aryl methyl sites for hydroxylation is 1. The maximum atomic E-state index is 15.4. The number of fused-ring (bicyclic) bond motifs is 1. The molecule has 0 spiro atoms. The highest BCUT2D eigenvalue weighted by Crippen LogP contribution is 2.44. The van der Waals surface area contributed by atoms with E-state index in [0.29, 0.717) is 45.7 Å². The number of hydrogen-bond acceptors (Lipinski definition) is 5. The Morgan fingerprint density at radius 1 is 1.23 bits per heavy atom. The van der Waals surface area contributed by atoms with Gasteiger partial charge < -0.3 is 15.0 Å². The number of aromatic nitrogens is 1. The number of methoxy groups -OCH3 is 1. The fraction of sp³-hybridized carbons (Fsp3) is 0.258. The van der Waals surface area contributed by atoms with Crippen LogP contribution in [0.4, 0.5) is 10.1 Å². The van der Waals surface area contributed by atoms with E-state index in [1.54, 1.807) is 57.3 Å². The van der Waals surface area contributed by atoms with Crippen LogP contribution in [0.3, 0.4) is 0 Å². The maximum Gasteiger partial charge on any atom is 0.266 e. The number of anilines is 1. The van der Waals surface area contributed by atoms with Crippen LogP contribution in [-0.4, -0.2) is 47.8 Å². The average molecular weight is 561 g/mol. The van der Waals surface area contributed by atoms with Crippen LogP contribution < -0.4 is 10.1 Å². The molecule has 0 saturated heterocycles. The molecule has 5 rings (SSSR count). The smallest absolute Gasteiger partial charge is 0.266 e. The number of hydrogen-bond donors (Lipinski definition) is 1. The molecule has 1 aliphatic carbocycles. The molecule has 9 heteroatoms. The van der Waals surface area contributed by atoms with E-state index in [-0.39, 0.29) is 16.2 Å². The number of carbonyl (C=O) groups excluding carboxylic acids is 2. The number of halogens is 2. The van der Waals surface area contributed by atoms with Gasteiger partial charge >= 0.3 is 0 Å². The molecule has 206 valence electrons. The van der Waals surface area contributed by atoms with Gasteiger partial charge in [-0.1, -0.05) is 37.2 Å². The van der Waals surface area contributed by atoms with E-state index in [9.17, 15) is 9.59 Å². The molecule has 7 nitrogen and oxygen atoms in total. The van der Waals surface area contributed by atoms with Crippen molar-refractivity contribution in [1.29, 1.82) is 0 Å². The summed E-state index contributed by atoms with van der Waals surface area (Å²) >= 11 is 6.89. The van der Waals surface area contributed by atoms with Gasteiger partial charge in [-0.05, 0) is 66.6 Å². The lowest BCUT2D eigenvalue weighted by Gasteiger charge is -2.31. The molecule has 0 radical (unpaired) electrons. The van der Waals surface area contributed by atoms with Crippen molar-refractivity contribution in [1.82, 2.24) is 14.8 Å². The minimum atomic E-state index is -0.583. The van der Waals surface area contributed by atoms with E-state index in [4.69, 9.17) is 21.3 Å². The molecule has 1 atom stereocenters. The molecule has 1 aliphatic heterocycles. The van der Waals surface area contributed by atoms with Crippen molar-refractivity contribution in [2.24, 2.45) is 0 Å². The first-order chi connectivity index (χ1) is 19.0. The summed E-state index contributed by atoms with van der Waals surface area (Å²) in [7, 11) is 4.85. The topological polar surface area (TPSA) is 74.8 Å². The van der Waals surface area contributed by atoms with Gasteiger partial charge in [0.15, 0.2) is 0 Å². The first-order valence-electron chi connectivity index (χ1n) is 12.9. The van der Waals surface area contributed by atoms with Crippen LogP contribution in [0.1, 0.15) is 36.0 Å². The van der Waals surface area contributed by atoms with Gasteiger partial charge in [0.2, 0.25) is 5.88 Å². The van der Waals surface area contributed by atoms with Crippen molar-refractivity contribution >= 4 is 29.1 Å². The summed E-state index contributed by atoms with van der Waals surface area (Å²) in [6.45, 7) is 7.75. The van der Waals surface area contributed by atoms with E-state index in [1.807, 2.05) is 6.07 Å². The van der Waals surface area contributed by atoms with E-state index in [0.717, 1.165) is 24.0 Å². The van der Waals surface area contributed by atoms with E-state index in [2.05, 4.69) is 18.8 Å². The van der Waals surface area contributed by atoms with Crippen LogP contribution in [0.5, 0.6) is 5.88 Å². The quantitative estimate of drug-likeness (QED) is 0.372. The van der Waals surface area contributed by atoms with E-state index >= 15 is 4.39 Å². The second kappa shape index (κ2) is 10.4. The summed E-state index contributed by atoms with van der Waals surface area (Å²) in [6.07, 6.45) is 3.37. The molecule has 2 amide bonds. The standard InChI is InChI=1S/C31H30ClFN4O3/c1-16-10-11-19-14-25(35-30(40-6)26(16)19)21-12-13-23(33)27(28(21)32)20-8-7-9-24(17(20)2)34-29(38)22-15-36(4)18(3)37(5)31(22)39/h7-9,12-16H,3,10-11H2,1-2,4-6H3,(H,34,38). The predicted molar refractivity (Wildman–Crippen MR) is 154 cm³/mol. The van der Waals surface area contributed by atoms with Crippen molar-refractivity contribution in [2.45, 2.75) is 32.6 Å². The third-order valence-electron chi connectivity index (χ3n) is 7.76. The zero-order valence-electron chi connectivity index (χ0n) is 23.1. The highest BCUT2D eigenvalue weighted by Gasteiger charge is 2.30. The number of ether oxygens (including phenoxy) is 1. The normalized spacial score (nSPS) is 16.7. The Hall–Kier alpha value is -4.17. The van der Waals surface area contributed by atoms with Crippen LogP contribution in [0.15, 0.2) is 60.6 Å². The Kier molecular flexibility index (Phi) is 7.14. The number of likely N-dealkylation sites (N-methyl/N-ethyl adjacent to an activating group) is 1. The largest absolute Gasteiger partial charge is 0.481 e. The lowest BCUT2D eigenvalue weighted by Crippen LogP contribution is -2.41. The van der Waals surface area contributed by atoms with Crippen molar-refractivity contribution in [3.05, 3.63) is 88.1 Å². The molecule has 40 heavy (non-hydrogen) atoms. The fourth-order valence-electron chi connectivity index (χ4n) is 5.37. The van der Waals surface area contributed by atoms with Crippen molar-refractivity contribution in [2.75, 3.05) is 26.5 Å². The summed E-state index contributed by atoms with van der Waals surface area (Å²) < 4.78 is 21.0. The number of rotatable bonds is 5. The number of nitrogens with one attached hydrogen (secondary N) is 1. The molecule has 2 heterocycles. The first kappa shape index (κ1) is 27.4. The van der Waals surface area contributed by atoms with Gasteiger partial charge in [-0.2, -0.15) is 0 Å². The SMILES string of the molecule is C=C1N(C)C=C(C(=O)Nc2cccc(-c3c(F)ccc(-c4cc5c(c(OC)n4)C(C)CC5)c3Cl)c2C)C(=O)N1C. The maximum absolute atomic E-state index is 15.4. The Morgan fingerprint density at radius 2 is 1.98 bits per heavy atom. The average Bonchev–Trinajstić information content (AvgIpc) is 3.31. The van der Waals surface area contributed by atoms with Gasteiger partial charge in [0.1, 0.15) is 17.2 Å².